The molecular weight excluding hydrogens is 318 g/mol. The highest BCUT2D eigenvalue weighted by Crippen LogP contribution is 2.30. The molecule has 3 heterocycles. The molecule has 0 unspecified atom stereocenters. The van der Waals surface area contributed by atoms with Crippen LogP contribution in [-0.4, -0.2) is 46.4 Å². The van der Waals surface area contributed by atoms with E-state index in [4.69, 9.17) is 11.6 Å². The van der Waals surface area contributed by atoms with E-state index in [1.807, 2.05) is 6.07 Å². The Kier molecular flexibility index (Phi) is 5.10. The summed E-state index contributed by atoms with van der Waals surface area (Å²) in [6.45, 7) is 8.21. The highest BCUT2D eigenvalue weighted by Gasteiger charge is 2.18. The first-order chi connectivity index (χ1) is 10.7. The minimum absolute atomic E-state index is 0.587. The topological polar surface area (TPSA) is 56.8 Å². The molecule has 3 rings (SSSR count). The van der Waals surface area contributed by atoms with Crippen molar-refractivity contribution < 1.29 is 0 Å². The molecule has 2 aromatic rings. The fourth-order valence-electron chi connectivity index (χ4n) is 2.65. The number of aromatic amines is 1. The molecule has 0 saturated carbocycles. The molecule has 2 N–H and O–H groups in total. The van der Waals surface area contributed by atoms with Crippen LogP contribution in [-0.2, 0) is 0 Å². The van der Waals surface area contributed by atoms with Crippen LogP contribution in [0.3, 0.4) is 0 Å². The number of thioether (sulfide) groups is 1. The number of H-pyrrole nitrogens is 1. The summed E-state index contributed by atoms with van der Waals surface area (Å²) in [5.74, 6) is 0.848. The van der Waals surface area contributed by atoms with Crippen molar-refractivity contribution in [2.24, 2.45) is 0 Å². The van der Waals surface area contributed by atoms with Crippen LogP contribution in [0.2, 0.25) is 5.02 Å². The zero-order chi connectivity index (χ0) is 15.5. The quantitative estimate of drug-likeness (QED) is 0.818. The Labute approximate surface area is 140 Å². The number of nitrogens with zero attached hydrogens (tertiary/aromatic N) is 3. The van der Waals surface area contributed by atoms with Crippen molar-refractivity contribution in [3.8, 4) is 0 Å². The van der Waals surface area contributed by atoms with E-state index in [9.17, 15) is 0 Å². The van der Waals surface area contributed by atoms with Gasteiger partial charge in [0.1, 0.15) is 5.82 Å². The van der Waals surface area contributed by atoms with E-state index in [0.717, 1.165) is 61.2 Å². The Morgan fingerprint density at radius 3 is 2.68 bits per heavy atom. The summed E-state index contributed by atoms with van der Waals surface area (Å²) >= 11 is 8.22. The van der Waals surface area contributed by atoms with Crippen LogP contribution in [0.5, 0.6) is 0 Å². The van der Waals surface area contributed by atoms with Gasteiger partial charge in [0, 0.05) is 31.4 Å². The predicted molar refractivity (Wildman–Crippen MR) is 94.2 cm³/mol. The van der Waals surface area contributed by atoms with Crippen molar-refractivity contribution in [3.63, 3.8) is 0 Å². The summed E-state index contributed by atoms with van der Waals surface area (Å²) in [5, 5.41) is 5.56. The lowest BCUT2D eigenvalue weighted by atomic mass is 10.3. The minimum atomic E-state index is 0.587. The van der Waals surface area contributed by atoms with Crippen LogP contribution < -0.4 is 10.2 Å². The second-order valence-electron chi connectivity index (χ2n) is 5.50. The molecule has 0 radical (unpaired) electrons. The average Bonchev–Trinajstić information content (AvgIpc) is 2.93. The van der Waals surface area contributed by atoms with E-state index in [1.165, 1.54) is 0 Å². The first-order valence-corrected chi connectivity index (χ1v) is 9.15. The number of imidazole rings is 1. The van der Waals surface area contributed by atoms with Crippen molar-refractivity contribution in [1.82, 2.24) is 20.3 Å². The Bertz CT molecular complexity index is 634. The summed E-state index contributed by atoms with van der Waals surface area (Å²) in [7, 11) is 0. The molecule has 0 aliphatic carbocycles. The molecule has 0 atom stereocenters. The highest BCUT2D eigenvalue weighted by atomic mass is 35.5. The van der Waals surface area contributed by atoms with Gasteiger partial charge in [0.2, 0.25) is 0 Å². The monoisotopic (exact) mass is 339 g/mol. The smallest absolute Gasteiger partial charge is 0.180 e. The van der Waals surface area contributed by atoms with Crippen LogP contribution in [0, 0.1) is 0 Å². The number of piperazine rings is 1. The summed E-state index contributed by atoms with van der Waals surface area (Å²) in [6, 6.07) is 1.95. The van der Waals surface area contributed by atoms with Gasteiger partial charge in [0.05, 0.1) is 10.5 Å². The van der Waals surface area contributed by atoms with Crippen molar-refractivity contribution in [3.05, 3.63) is 11.1 Å². The number of anilines is 1. The molecule has 0 aromatic carbocycles. The Morgan fingerprint density at radius 1 is 1.27 bits per heavy atom. The lowest BCUT2D eigenvalue weighted by molar-refractivity contribution is 0.585. The summed E-state index contributed by atoms with van der Waals surface area (Å²) in [4.78, 5) is 14.9. The fraction of sp³-hybridized carbons (Fsp3) is 0.600. The van der Waals surface area contributed by atoms with Crippen LogP contribution >= 0.6 is 23.4 Å². The van der Waals surface area contributed by atoms with Crippen LogP contribution in [0.25, 0.3) is 11.2 Å². The van der Waals surface area contributed by atoms with E-state index >= 15 is 0 Å². The van der Waals surface area contributed by atoms with Gasteiger partial charge in [-0.25, -0.2) is 9.97 Å². The van der Waals surface area contributed by atoms with Gasteiger partial charge in [-0.1, -0.05) is 37.2 Å². The van der Waals surface area contributed by atoms with Gasteiger partial charge in [-0.3, -0.25) is 0 Å². The number of fused-ring (bicyclic) bond motifs is 1. The Balaban J connectivity index is 1.88. The second kappa shape index (κ2) is 7.06. The number of rotatable bonds is 5. The van der Waals surface area contributed by atoms with E-state index in [0.29, 0.717) is 10.3 Å². The number of halogens is 1. The van der Waals surface area contributed by atoms with Crippen molar-refractivity contribution in [2.75, 3.05) is 31.1 Å². The third-order valence-electron chi connectivity index (χ3n) is 3.99. The first-order valence-electron chi connectivity index (χ1n) is 7.89. The fourth-order valence-corrected chi connectivity index (χ4v) is 3.88. The lowest BCUT2D eigenvalue weighted by Gasteiger charge is -2.28. The number of aromatic nitrogens is 3. The van der Waals surface area contributed by atoms with Crippen molar-refractivity contribution >= 4 is 40.3 Å². The van der Waals surface area contributed by atoms with E-state index in [2.05, 4.69) is 39.0 Å². The van der Waals surface area contributed by atoms with Crippen molar-refractivity contribution in [2.45, 2.75) is 37.1 Å². The third kappa shape index (κ3) is 3.34. The maximum atomic E-state index is 6.43. The number of hydrogen-bond acceptors (Lipinski definition) is 5. The van der Waals surface area contributed by atoms with Crippen LogP contribution in [0.1, 0.15) is 26.7 Å². The largest absolute Gasteiger partial charge is 0.353 e. The SMILES string of the molecule is CCC(CC)Sc1nc2nc(N3CCNCC3)c(Cl)cc2[nH]1. The Hall–Kier alpha value is -0.980. The zero-order valence-corrected chi connectivity index (χ0v) is 14.6. The molecule has 2 aromatic heterocycles. The molecule has 0 bridgehead atoms. The first kappa shape index (κ1) is 15.9. The van der Waals surface area contributed by atoms with E-state index < -0.39 is 0 Å². The van der Waals surface area contributed by atoms with Gasteiger partial charge >= 0.3 is 0 Å². The Morgan fingerprint density at radius 2 is 2.00 bits per heavy atom. The molecule has 5 nitrogen and oxygen atoms in total. The molecule has 120 valence electrons. The molecule has 1 saturated heterocycles. The maximum Gasteiger partial charge on any atom is 0.180 e. The normalized spacial score (nSPS) is 15.9. The molecule has 0 amide bonds. The zero-order valence-electron chi connectivity index (χ0n) is 13.0. The molecular formula is C15H22ClN5S. The van der Waals surface area contributed by atoms with Gasteiger partial charge in [-0.2, -0.15) is 0 Å². The second-order valence-corrected chi connectivity index (χ2v) is 7.20. The van der Waals surface area contributed by atoms with Gasteiger partial charge < -0.3 is 15.2 Å². The minimum Gasteiger partial charge on any atom is -0.353 e. The molecule has 22 heavy (non-hydrogen) atoms. The standard InChI is InChI=1S/C15H22ClN5S/c1-3-10(4-2)22-15-18-12-9-11(16)14(19-13(12)20-15)21-7-5-17-6-8-21/h9-10,17H,3-8H2,1-2H3,(H,18,19,20). The molecule has 0 spiro atoms. The third-order valence-corrected chi connectivity index (χ3v) is 5.69. The number of nitrogens with one attached hydrogen (secondary N) is 2. The van der Waals surface area contributed by atoms with Gasteiger partial charge in [-0.15, -0.1) is 0 Å². The summed E-state index contributed by atoms with van der Waals surface area (Å²) in [5.41, 5.74) is 1.67. The van der Waals surface area contributed by atoms with Gasteiger partial charge in [0.15, 0.2) is 10.8 Å². The van der Waals surface area contributed by atoms with Gasteiger partial charge in [0.25, 0.3) is 0 Å². The lowest BCUT2D eigenvalue weighted by Crippen LogP contribution is -2.44. The maximum absolute atomic E-state index is 6.43. The van der Waals surface area contributed by atoms with Crippen LogP contribution in [0.15, 0.2) is 11.2 Å². The molecule has 1 fully saturated rings. The number of pyridine rings is 1. The summed E-state index contributed by atoms with van der Waals surface area (Å²) < 4.78 is 0. The van der Waals surface area contributed by atoms with E-state index in [1.54, 1.807) is 11.8 Å². The van der Waals surface area contributed by atoms with Crippen LogP contribution in [0.4, 0.5) is 5.82 Å². The van der Waals surface area contributed by atoms with Crippen molar-refractivity contribution in [1.29, 1.82) is 0 Å². The molecule has 1 aliphatic heterocycles. The predicted octanol–water partition coefficient (Wildman–Crippen LogP) is 3.30. The average molecular weight is 340 g/mol. The molecule has 7 heteroatoms. The summed E-state index contributed by atoms with van der Waals surface area (Å²) in [6.07, 6.45) is 2.27. The molecule has 1 aliphatic rings. The van der Waals surface area contributed by atoms with Gasteiger partial charge in [-0.05, 0) is 18.9 Å². The highest BCUT2D eigenvalue weighted by molar-refractivity contribution is 7.99. The number of hydrogen-bond donors (Lipinski definition) is 2. The van der Waals surface area contributed by atoms with E-state index in [-0.39, 0.29) is 0 Å².